The molecule has 0 bridgehead atoms. The average molecular weight is 296 g/mol. The standard InChI is InChI=1S/C12H16N4O3S/c1-3-16-10(6-13)14-15-12(16)20-7-9-8(4-5-19-9)11(17)18-2/h4-5H,3,6-7,13H2,1-2H3. The molecule has 0 fully saturated rings. The van der Waals surface area contributed by atoms with E-state index in [0.717, 1.165) is 17.5 Å². The molecule has 0 amide bonds. The molecule has 108 valence electrons. The molecule has 2 aromatic rings. The summed E-state index contributed by atoms with van der Waals surface area (Å²) in [4.78, 5) is 11.5. The van der Waals surface area contributed by atoms with E-state index in [4.69, 9.17) is 14.9 Å². The first kappa shape index (κ1) is 14.6. The summed E-state index contributed by atoms with van der Waals surface area (Å²) in [6.45, 7) is 3.08. The van der Waals surface area contributed by atoms with Crippen molar-refractivity contribution in [3.63, 3.8) is 0 Å². The van der Waals surface area contributed by atoms with Crippen LogP contribution >= 0.6 is 11.8 Å². The van der Waals surface area contributed by atoms with Crippen LogP contribution in [0.5, 0.6) is 0 Å². The first-order valence-electron chi connectivity index (χ1n) is 6.10. The molecule has 0 atom stereocenters. The SMILES string of the molecule is CCn1c(CN)nnc1SCc1occc1C(=O)OC. The number of ether oxygens (including phenoxy) is 1. The Morgan fingerprint density at radius 2 is 2.35 bits per heavy atom. The second-order valence-electron chi connectivity index (χ2n) is 3.88. The minimum atomic E-state index is -0.408. The molecular formula is C12H16N4O3S. The third-order valence-electron chi connectivity index (χ3n) is 2.78. The lowest BCUT2D eigenvalue weighted by Crippen LogP contribution is -2.08. The first-order chi connectivity index (χ1) is 9.71. The van der Waals surface area contributed by atoms with Crippen LogP contribution < -0.4 is 5.73 Å². The molecule has 0 saturated carbocycles. The molecule has 2 aromatic heterocycles. The maximum absolute atomic E-state index is 11.5. The van der Waals surface area contributed by atoms with Crippen molar-refractivity contribution in [2.45, 2.75) is 30.9 Å². The van der Waals surface area contributed by atoms with Crippen molar-refractivity contribution in [1.29, 1.82) is 0 Å². The highest BCUT2D eigenvalue weighted by Gasteiger charge is 2.17. The van der Waals surface area contributed by atoms with Crippen molar-refractivity contribution in [1.82, 2.24) is 14.8 Å². The lowest BCUT2D eigenvalue weighted by atomic mass is 10.3. The maximum atomic E-state index is 11.5. The van der Waals surface area contributed by atoms with Crippen molar-refractivity contribution in [3.05, 3.63) is 29.5 Å². The number of hydrogen-bond donors (Lipinski definition) is 1. The van der Waals surface area contributed by atoms with Crippen molar-refractivity contribution < 1.29 is 13.9 Å². The van der Waals surface area contributed by atoms with Gasteiger partial charge in [-0.2, -0.15) is 0 Å². The molecular weight excluding hydrogens is 280 g/mol. The zero-order chi connectivity index (χ0) is 14.5. The Balaban J connectivity index is 2.11. The van der Waals surface area contributed by atoms with E-state index < -0.39 is 5.97 Å². The van der Waals surface area contributed by atoms with Crippen LogP contribution in [0.2, 0.25) is 0 Å². The van der Waals surface area contributed by atoms with Gasteiger partial charge in [0.2, 0.25) is 0 Å². The van der Waals surface area contributed by atoms with Crippen LogP contribution in [0.4, 0.5) is 0 Å². The summed E-state index contributed by atoms with van der Waals surface area (Å²) >= 11 is 1.44. The number of rotatable bonds is 6. The second-order valence-corrected chi connectivity index (χ2v) is 4.83. The summed E-state index contributed by atoms with van der Waals surface area (Å²) < 4.78 is 11.9. The van der Waals surface area contributed by atoms with Crippen LogP contribution in [0.25, 0.3) is 0 Å². The number of furan rings is 1. The summed E-state index contributed by atoms with van der Waals surface area (Å²) in [7, 11) is 1.34. The molecule has 0 unspecified atom stereocenters. The van der Waals surface area contributed by atoms with Gasteiger partial charge in [-0.1, -0.05) is 11.8 Å². The van der Waals surface area contributed by atoms with Crippen molar-refractivity contribution >= 4 is 17.7 Å². The number of methoxy groups -OCH3 is 1. The third-order valence-corrected chi connectivity index (χ3v) is 3.74. The Morgan fingerprint density at radius 3 is 3.00 bits per heavy atom. The van der Waals surface area contributed by atoms with E-state index in [1.807, 2.05) is 11.5 Å². The topological polar surface area (TPSA) is 96.2 Å². The molecule has 0 radical (unpaired) electrons. The fourth-order valence-corrected chi connectivity index (χ4v) is 2.74. The number of esters is 1. The van der Waals surface area contributed by atoms with E-state index in [1.54, 1.807) is 6.07 Å². The van der Waals surface area contributed by atoms with Crippen LogP contribution in [0.3, 0.4) is 0 Å². The van der Waals surface area contributed by atoms with Gasteiger partial charge in [0.15, 0.2) is 5.16 Å². The van der Waals surface area contributed by atoms with Crippen LogP contribution in [0, 0.1) is 0 Å². The molecule has 8 heteroatoms. The highest BCUT2D eigenvalue weighted by molar-refractivity contribution is 7.98. The highest BCUT2D eigenvalue weighted by Crippen LogP contribution is 2.24. The first-order valence-corrected chi connectivity index (χ1v) is 7.09. The Kier molecular flexibility index (Phi) is 4.80. The van der Waals surface area contributed by atoms with Gasteiger partial charge in [-0.05, 0) is 13.0 Å². The summed E-state index contributed by atoms with van der Waals surface area (Å²) in [6.07, 6.45) is 1.47. The lowest BCUT2D eigenvalue weighted by molar-refractivity contribution is 0.0598. The van der Waals surface area contributed by atoms with E-state index in [-0.39, 0.29) is 0 Å². The number of aromatic nitrogens is 3. The molecule has 0 aliphatic rings. The molecule has 2 rings (SSSR count). The molecule has 0 saturated heterocycles. The predicted octanol–water partition coefficient (Wildman–Crippen LogP) is 1.43. The Hall–Kier alpha value is -1.80. The number of hydrogen-bond acceptors (Lipinski definition) is 7. The number of carbonyl (C=O) groups is 1. The minimum Gasteiger partial charge on any atom is -0.468 e. The smallest absolute Gasteiger partial charge is 0.341 e. The summed E-state index contributed by atoms with van der Waals surface area (Å²) in [5, 5.41) is 8.86. The highest BCUT2D eigenvalue weighted by atomic mass is 32.2. The zero-order valence-corrected chi connectivity index (χ0v) is 12.1. The molecule has 2 N–H and O–H groups in total. The van der Waals surface area contributed by atoms with Crippen LogP contribution in [-0.2, 0) is 23.6 Å². The van der Waals surface area contributed by atoms with Crippen LogP contribution in [-0.4, -0.2) is 27.8 Å². The van der Waals surface area contributed by atoms with Gasteiger partial charge >= 0.3 is 5.97 Å². The normalized spacial score (nSPS) is 10.8. The van der Waals surface area contributed by atoms with Gasteiger partial charge in [0.1, 0.15) is 17.1 Å². The van der Waals surface area contributed by atoms with E-state index >= 15 is 0 Å². The van der Waals surface area contributed by atoms with Crippen molar-refractivity contribution in [2.24, 2.45) is 5.73 Å². The molecule has 7 nitrogen and oxygen atoms in total. The van der Waals surface area contributed by atoms with E-state index in [0.29, 0.717) is 23.6 Å². The third kappa shape index (κ3) is 2.86. The summed E-state index contributed by atoms with van der Waals surface area (Å²) in [6, 6.07) is 1.59. The quantitative estimate of drug-likeness (QED) is 0.636. The predicted molar refractivity (Wildman–Crippen MR) is 73.2 cm³/mol. The van der Waals surface area contributed by atoms with Crippen molar-refractivity contribution in [3.8, 4) is 0 Å². The van der Waals surface area contributed by atoms with Gasteiger partial charge in [-0.15, -0.1) is 10.2 Å². The van der Waals surface area contributed by atoms with E-state index in [1.165, 1.54) is 25.1 Å². The average Bonchev–Trinajstić information content (AvgIpc) is 3.09. The van der Waals surface area contributed by atoms with Crippen LogP contribution in [0.1, 0.15) is 28.9 Å². The van der Waals surface area contributed by atoms with Gasteiger partial charge in [0.05, 0.1) is 25.7 Å². The lowest BCUT2D eigenvalue weighted by Gasteiger charge is -2.05. The fraction of sp³-hybridized carbons (Fsp3) is 0.417. The van der Waals surface area contributed by atoms with Crippen LogP contribution in [0.15, 0.2) is 21.9 Å². The Labute approximate surface area is 120 Å². The largest absolute Gasteiger partial charge is 0.468 e. The summed E-state index contributed by atoms with van der Waals surface area (Å²) in [5.41, 5.74) is 6.03. The monoisotopic (exact) mass is 296 g/mol. The molecule has 0 spiro atoms. The van der Waals surface area contributed by atoms with Gasteiger partial charge in [-0.3, -0.25) is 0 Å². The Morgan fingerprint density at radius 1 is 1.55 bits per heavy atom. The van der Waals surface area contributed by atoms with Gasteiger partial charge in [0, 0.05) is 6.54 Å². The summed E-state index contributed by atoms with van der Waals surface area (Å²) in [5.74, 6) is 1.36. The number of nitrogens with two attached hydrogens (primary N) is 1. The van der Waals surface area contributed by atoms with Gasteiger partial charge in [0.25, 0.3) is 0 Å². The van der Waals surface area contributed by atoms with Crippen molar-refractivity contribution in [2.75, 3.05) is 7.11 Å². The van der Waals surface area contributed by atoms with Gasteiger partial charge < -0.3 is 19.5 Å². The maximum Gasteiger partial charge on any atom is 0.341 e. The van der Waals surface area contributed by atoms with E-state index in [2.05, 4.69) is 10.2 Å². The van der Waals surface area contributed by atoms with Gasteiger partial charge in [-0.25, -0.2) is 4.79 Å². The number of carbonyl (C=O) groups excluding carboxylic acids is 1. The molecule has 0 aromatic carbocycles. The second kappa shape index (κ2) is 6.58. The number of nitrogens with zero attached hydrogens (tertiary/aromatic N) is 3. The zero-order valence-electron chi connectivity index (χ0n) is 11.3. The molecule has 0 aliphatic carbocycles. The van der Waals surface area contributed by atoms with E-state index in [9.17, 15) is 4.79 Å². The minimum absolute atomic E-state index is 0.343. The molecule has 2 heterocycles. The Bertz CT molecular complexity index is 593. The molecule has 20 heavy (non-hydrogen) atoms. The number of thioether (sulfide) groups is 1. The fourth-order valence-electron chi connectivity index (χ4n) is 1.77. The molecule has 0 aliphatic heterocycles.